The Bertz CT molecular complexity index is 773. The predicted molar refractivity (Wildman–Crippen MR) is 106 cm³/mol. The molecule has 3 rings (SSSR count). The quantitative estimate of drug-likeness (QED) is 0.530. The van der Waals surface area contributed by atoms with E-state index in [1.165, 1.54) is 22.3 Å². The van der Waals surface area contributed by atoms with Gasteiger partial charge in [-0.2, -0.15) is 0 Å². The fourth-order valence-electron chi connectivity index (χ4n) is 3.78. The van der Waals surface area contributed by atoms with Gasteiger partial charge >= 0.3 is 0 Å². The molecular formula is C24H26O. The number of hydrogen-bond acceptors (Lipinski definition) is 1. The van der Waals surface area contributed by atoms with E-state index in [9.17, 15) is 5.11 Å². The number of benzene rings is 3. The van der Waals surface area contributed by atoms with Crippen molar-refractivity contribution in [1.82, 2.24) is 0 Å². The molecule has 0 amide bonds. The fourth-order valence-corrected chi connectivity index (χ4v) is 3.78. The van der Waals surface area contributed by atoms with Crippen LogP contribution in [0.1, 0.15) is 49.7 Å². The lowest BCUT2D eigenvalue weighted by atomic mass is 9.78. The van der Waals surface area contributed by atoms with Gasteiger partial charge in [-0.1, -0.05) is 80.6 Å². The van der Waals surface area contributed by atoms with Gasteiger partial charge in [0.1, 0.15) is 5.75 Å². The van der Waals surface area contributed by atoms with Crippen LogP contribution in [0.5, 0.6) is 5.75 Å². The third-order valence-corrected chi connectivity index (χ3v) is 5.13. The van der Waals surface area contributed by atoms with Crippen molar-refractivity contribution in [3.63, 3.8) is 0 Å². The van der Waals surface area contributed by atoms with Gasteiger partial charge in [0.05, 0.1) is 0 Å². The molecule has 0 heterocycles. The number of hydrogen-bond donors (Lipinski definition) is 1. The van der Waals surface area contributed by atoms with E-state index < -0.39 is 0 Å². The lowest BCUT2D eigenvalue weighted by Gasteiger charge is -2.26. The molecule has 128 valence electrons. The molecular weight excluding hydrogens is 304 g/mol. The van der Waals surface area contributed by atoms with Crippen molar-refractivity contribution in [1.29, 1.82) is 0 Å². The number of aromatic hydroxyl groups is 1. The molecule has 0 bridgehead atoms. The molecule has 0 saturated carbocycles. The Labute approximate surface area is 151 Å². The molecule has 0 aliphatic rings. The molecule has 2 atom stereocenters. The molecule has 1 heteroatoms. The summed E-state index contributed by atoms with van der Waals surface area (Å²) in [4.78, 5) is 0. The topological polar surface area (TPSA) is 20.2 Å². The Hall–Kier alpha value is -2.54. The minimum Gasteiger partial charge on any atom is -0.508 e. The third-order valence-electron chi connectivity index (χ3n) is 5.13. The fraction of sp³-hybridized carbons (Fsp3) is 0.250. The predicted octanol–water partition coefficient (Wildman–Crippen LogP) is 6.75. The van der Waals surface area contributed by atoms with Crippen LogP contribution in [-0.2, 0) is 0 Å². The molecule has 0 aliphatic carbocycles. The standard InChI is InChI=1S/C24H26O/c1-3-23(24(4-2)21-14-16-22(25)17-15-21)20-12-10-19(11-13-20)18-8-6-5-7-9-18/h5-17,23-25H,3-4H2,1-2H3/t23-,24+/m0/s1. The highest BCUT2D eigenvalue weighted by Crippen LogP contribution is 2.38. The molecule has 0 unspecified atom stereocenters. The number of phenols is 1. The molecule has 0 radical (unpaired) electrons. The minimum atomic E-state index is 0.332. The summed E-state index contributed by atoms with van der Waals surface area (Å²) >= 11 is 0. The molecule has 0 spiro atoms. The zero-order valence-electron chi connectivity index (χ0n) is 15.0. The summed E-state index contributed by atoms with van der Waals surface area (Å²) in [5, 5.41) is 9.56. The summed E-state index contributed by atoms with van der Waals surface area (Å²) in [5.41, 5.74) is 5.21. The van der Waals surface area contributed by atoms with Crippen LogP contribution in [0.15, 0.2) is 78.9 Å². The molecule has 1 nitrogen and oxygen atoms in total. The summed E-state index contributed by atoms with van der Waals surface area (Å²) in [6.45, 7) is 4.51. The van der Waals surface area contributed by atoms with Crippen molar-refractivity contribution in [3.05, 3.63) is 90.0 Å². The molecule has 25 heavy (non-hydrogen) atoms. The maximum Gasteiger partial charge on any atom is 0.115 e. The molecule has 3 aromatic rings. The van der Waals surface area contributed by atoms with E-state index in [-0.39, 0.29) is 0 Å². The summed E-state index contributed by atoms with van der Waals surface area (Å²) < 4.78 is 0. The van der Waals surface area contributed by atoms with E-state index in [0.717, 1.165) is 12.8 Å². The van der Waals surface area contributed by atoms with Crippen LogP contribution in [0, 0.1) is 0 Å². The maximum absolute atomic E-state index is 9.56. The Balaban J connectivity index is 1.88. The maximum atomic E-state index is 9.56. The summed E-state index contributed by atoms with van der Waals surface area (Å²) in [5.74, 6) is 1.28. The Morgan fingerprint density at radius 2 is 1.04 bits per heavy atom. The Morgan fingerprint density at radius 3 is 1.52 bits per heavy atom. The SMILES string of the molecule is CC[C@H](c1ccc(O)cc1)[C@@H](CC)c1ccc(-c2ccccc2)cc1. The lowest BCUT2D eigenvalue weighted by Crippen LogP contribution is -2.10. The van der Waals surface area contributed by atoms with E-state index >= 15 is 0 Å². The van der Waals surface area contributed by atoms with E-state index in [0.29, 0.717) is 17.6 Å². The first-order valence-corrected chi connectivity index (χ1v) is 9.17. The van der Waals surface area contributed by atoms with E-state index in [2.05, 4.69) is 80.6 Å². The number of phenolic OH excluding ortho intramolecular Hbond substituents is 1. The van der Waals surface area contributed by atoms with Crippen molar-refractivity contribution < 1.29 is 5.11 Å². The molecule has 0 aromatic heterocycles. The van der Waals surface area contributed by atoms with Crippen LogP contribution in [0.2, 0.25) is 0 Å². The van der Waals surface area contributed by atoms with Gasteiger partial charge in [-0.05, 0) is 59.1 Å². The smallest absolute Gasteiger partial charge is 0.115 e. The lowest BCUT2D eigenvalue weighted by molar-refractivity contribution is 0.473. The van der Waals surface area contributed by atoms with Gasteiger partial charge in [0.15, 0.2) is 0 Å². The van der Waals surface area contributed by atoms with Crippen LogP contribution >= 0.6 is 0 Å². The highest BCUT2D eigenvalue weighted by atomic mass is 16.3. The molecule has 0 saturated heterocycles. The summed E-state index contributed by atoms with van der Waals surface area (Å²) in [7, 11) is 0. The molecule has 0 fully saturated rings. The van der Waals surface area contributed by atoms with Crippen LogP contribution in [-0.4, -0.2) is 5.11 Å². The molecule has 1 N–H and O–H groups in total. The summed E-state index contributed by atoms with van der Waals surface area (Å²) in [6, 6.07) is 27.2. The zero-order chi connectivity index (χ0) is 17.6. The van der Waals surface area contributed by atoms with Gasteiger partial charge in [-0.25, -0.2) is 0 Å². The Kier molecular flexibility index (Phi) is 5.55. The highest BCUT2D eigenvalue weighted by Gasteiger charge is 2.22. The molecule has 0 aliphatic heterocycles. The second-order valence-electron chi connectivity index (χ2n) is 6.61. The zero-order valence-corrected chi connectivity index (χ0v) is 15.0. The van der Waals surface area contributed by atoms with Gasteiger partial charge in [-0.15, -0.1) is 0 Å². The minimum absolute atomic E-state index is 0.332. The van der Waals surface area contributed by atoms with Gasteiger partial charge in [-0.3, -0.25) is 0 Å². The second kappa shape index (κ2) is 8.02. The van der Waals surface area contributed by atoms with Crippen LogP contribution in [0.25, 0.3) is 11.1 Å². The van der Waals surface area contributed by atoms with Gasteiger partial charge < -0.3 is 5.11 Å². The Morgan fingerprint density at radius 1 is 0.600 bits per heavy atom. The summed E-state index contributed by atoms with van der Waals surface area (Å²) in [6.07, 6.45) is 2.19. The van der Waals surface area contributed by atoms with E-state index in [4.69, 9.17) is 0 Å². The van der Waals surface area contributed by atoms with Gasteiger partial charge in [0.2, 0.25) is 0 Å². The normalized spacial score (nSPS) is 13.4. The second-order valence-corrected chi connectivity index (χ2v) is 6.61. The average molecular weight is 330 g/mol. The first-order valence-electron chi connectivity index (χ1n) is 9.17. The highest BCUT2D eigenvalue weighted by molar-refractivity contribution is 5.63. The van der Waals surface area contributed by atoms with Crippen molar-refractivity contribution >= 4 is 0 Å². The van der Waals surface area contributed by atoms with Gasteiger partial charge in [0, 0.05) is 0 Å². The van der Waals surface area contributed by atoms with Crippen molar-refractivity contribution in [3.8, 4) is 16.9 Å². The first-order chi connectivity index (χ1) is 12.2. The molecule has 3 aromatic carbocycles. The third kappa shape index (κ3) is 3.93. The van der Waals surface area contributed by atoms with E-state index in [1.807, 2.05) is 0 Å². The average Bonchev–Trinajstić information content (AvgIpc) is 2.68. The van der Waals surface area contributed by atoms with Crippen molar-refractivity contribution in [2.24, 2.45) is 0 Å². The van der Waals surface area contributed by atoms with Crippen molar-refractivity contribution in [2.45, 2.75) is 38.5 Å². The van der Waals surface area contributed by atoms with Crippen LogP contribution in [0.4, 0.5) is 0 Å². The largest absolute Gasteiger partial charge is 0.508 e. The number of rotatable bonds is 6. The van der Waals surface area contributed by atoms with E-state index in [1.54, 1.807) is 12.1 Å². The van der Waals surface area contributed by atoms with Gasteiger partial charge in [0.25, 0.3) is 0 Å². The monoisotopic (exact) mass is 330 g/mol. The van der Waals surface area contributed by atoms with Crippen molar-refractivity contribution in [2.75, 3.05) is 0 Å². The first kappa shape index (κ1) is 17.3. The van der Waals surface area contributed by atoms with Crippen LogP contribution < -0.4 is 0 Å². The van der Waals surface area contributed by atoms with Crippen LogP contribution in [0.3, 0.4) is 0 Å².